The molecule has 0 amide bonds. The van der Waals surface area contributed by atoms with E-state index in [-0.39, 0.29) is 5.41 Å². The highest BCUT2D eigenvalue weighted by atomic mass is 16.3. The third kappa shape index (κ3) is 3.73. The Morgan fingerprint density at radius 1 is 0.396 bits per heavy atom. The highest BCUT2D eigenvalue weighted by Crippen LogP contribution is 2.69. The molecule has 0 atom stereocenters. The van der Waals surface area contributed by atoms with E-state index in [9.17, 15) is 0 Å². The minimum Gasteiger partial charge on any atom is -0.456 e. The van der Waals surface area contributed by atoms with E-state index in [1.54, 1.807) is 11.1 Å². The lowest BCUT2D eigenvalue weighted by Gasteiger charge is -2.61. The van der Waals surface area contributed by atoms with Gasteiger partial charge in [-0.05, 0) is 169 Å². The zero-order valence-corrected chi connectivity index (χ0v) is 29.6. The number of benzene rings is 8. The van der Waals surface area contributed by atoms with Crippen LogP contribution in [0, 0.1) is 23.7 Å². The summed E-state index contributed by atoms with van der Waals surface area (Å²) in [5.74, 6) is 3.46. The lowest BCUT2D eigenvalue weighted by atomic mass is 9.43. The van der Waals surface area contributed by atoms with Crippen molar-refractivity contribution in [2.24, 2.45) is 23.7 Å². The minimum absolute atomic E-state index is 0.194. The van der Waals surface area contributed by atoms with Gasteiger partial charge in [0.1, 0.15) is 11.2 Å². The van der Waals surface area contributed by atoms with Crippen LogP contribution in [0.4, 0.5) is 0 Å². The van der Waals surface area contributed by atoms with Gasteiger partial charge in [0.25, 0.3) is 0 Å². The highest BCUT2D eigenvalue weighted by molar-refractivity contribution is 6.22. The van der Waals surface area contributed by atoms with Crippen LogP contribution in [0.15, 0.2) is 150 Å². The molecular formula is C52H38O. The monoisotopic (exact) mass is 678 g/mol. The van der Waals surface area contributed by atoms with E-state index in [2.05, 4.69) is 140 Å². The number of fused-ring (bicyclic) bond motifs is 9. The van der Waals surface area contributed by atoms with Gasteiger partial charge in [0, 0.05) is 16.2 Å². The standard InChI is InChI=1S/C52H38O/c1-3-13-43-41(11-1)50(42-12-2-4-14-44(42)51(43)34-19-20-40-39-10-6-8-16-48(39)53-49(40)29-34)33-18-17-32-28-47-45(27-35(32)26-33)38-9-5-7-15-46(38)52(47)36-22-30-21-31(24-36)25-37(52)23-30/h1-20,26-31,36-37H,21-25H2. The summed E-state index contributed by atoms with van der Waals surface area (Å²) >= 11 is 0. The summed E-state index contributed by atoms with van der Waals surface area (Å²) in [6.07, 6.45) is 7.15. The first-order valence-electron chi connectivity index (χ1n) is 19.8. The Bertz CT molecular complexity index is 2940. The maximum atomic E-state index is 6.39. The molecular weight excluding hydrogens is 641 g/mol. The van der Waals surface area contributed by atoms with E-state index in [1.807, 2.05) is 6.07 Å². The topological polar surface area (TPSA) is 13.1 Å². The fourth-order valence-corrected chi connectivity index (χ4v) is 12.7. The maximum Gasteiger partial charge on any atom is 0.136 e. The van der Waals surface area contributed by atoms with Gasteiger partial charge in [-0.3, -0.25) is 0 Å². The average molecular weight is 679 g/mol. The summed E-state index contributed by atoms with van der Waals surface area (Å²) in [4.78, 5) is 0. The maximum absolute atomic E-state index is 6.39. The van der Waals surface area contributed by atoms with E-state index >= 15 is 0 Å². The normalized spacial score (nSPS) is 23.9. The molecule has 0 aliphatic heterocycles. The molecule has 53 heavy (non-hydrogen) atoms. The molecule has 8 aromatic carbocycles. The van der Waals surface area contributed by atoms with Gasteiger partial charge >= 0.3 is 0 Å². The average Bonchev–Trinajstić information content (AvgIpc) is 3.70. The first kappa shape index (κ1) is 28.9. The van der Waals surface area contributed by atoms with E-state index in [0.29, 0.717) is 0 Å². The molecule has 4 fully saturated rings. The van der Waals surface area contributed by atoms with E-state index in [1.165, 1.54) is 97.8 Å². The molecule has 252 valence electrons. The quantitative estimate of drug-likeness (QED) is 0.166. The summed E-state index contributed by atoms with van der Waals surface area (Å²) in [5, 5.41) is 10.1. The van der Waals surface area contributed by atoms with Crippen LogP contribution in [0.2, 0.25) is 0 Å². The molecule has 9 aromatic rings. The second kappa shape index (κ2) is 10.3. The number of furan rings is 1. The molecule has 1 heterocycles. The molecule has 4 bridgehead atoms. The zero-order valence-electron chi connectivity index (χ0n) is 29.6. The predicted molar refractivity (Wildman–Crippen MR) is 220 cm³/mol. The van der Waals surface area contributed by atoms with Crippen molar-refractivity contribution in [2.45, 2.75) is 37.5 Å². The molecule has 1 spiro atoms. The van der Waals surface area contributed by atoms with Crippen LogP contribution in [0.25, 0.3) is 87.6 Å². The molecule has 1 heteroatoms. The Labute approximate surface area is 308 Å². The lowest BCUT2D eigenvalue weighted by molar-refractivity contribution is -0.0399. The van der Waals surface area contributed by atoms with E-state index in [4.69, 9.17) is 4.42 Å². The van der Waals surface area contributed by atoms with Gasteiger partial charge in [-0.2, -0.15) is 0 Å². The van der Waals surface area contributed by atoms with Crippen LogP contribution in [0.3, 0.4) is 0 Å². The summed E-state index contributed by atoms with van der Waals surface area (Å²) < 4.78 is 6.39. The predicted octanol–water partition coefficient (Wildman–Crippen LogP) is 14.1. The van der Waals surface area contributed by atoms with E-state index < -0.39 is 0 Å². The Morgan fingerprint density at radius 2 is 0.962 bits per heavy atom. The highest BCUT2D eigenvalue weighted by Gasteiger charge is 2.61. The molecule has 5 aliphatic carbocycles. The Kier molecular flexibility index (Phi) is 5.59. The largest absolute Gasteiger partial charge is 0.456 e. The van der Waals surface area contributed by atoms with Gasteiger partial charge in [-0.15, -0.1) is 0 Å². The second-order valence-electron chi connectivity index (χ2n) is 16.8. The van der Waals surface area contributed by atoms with E-state index in [0.717, 1.165) is 45.6 Å². The molecule has 0 N–H and O–H groups in total. The molecule has 1 nitrogen and oxygen atoms in total. The van der Waals surface area contributed by atoms with Gasteiger partial charge in [0.05, 0.1) is 0 Å². The molecule has 1 aromatic heterocycles. The van der Waals surface area contributed by atoms with Crippen LogP contribution in [0.5, 0.6) is 0 Å². The van der Waals surface area contributed by atoms with Crippen molar-refractivity contribution in [3.63, 3.8) is 0 Å². The zero-order chi connectivity index (χ0) is 34.4. The lowest BCUT2D eigenvalue weighted by Crippen LogP contribution is -2.55. The summed E-state index contributed by atoms with van der Waals surface area (Å²) in [5.41, 5.74) is 13.3. The van der Waals surface area contributed by atoms with Gasteiger partial charge in [0.2, 0.25) is 0 Å². The SMILES string of the molecule is c1ccc2c(c1)-c1cc3cc(-c4c5ccccc5c(-c5ccc6c(c5)oc5ccccc56)c5ccccc45)ccc3cc1C21C2CC3CC(C2)CC1C3. The first-order chi connectivity index (χ1) is 26.2. The van der Waals surface area contributed by atoms with Crippen LogP contribution in [0.1, 0.15) is 43.2 Å². The summed E-state index contributed by atoms with van der Waals surface area (Å²) in [6, 6.07) is 55.1. The Balaban J connectivity index is 1.02. The fourth-order valence-electron chi connectivity index (χ4n) is 12.7. The van der Waals surface area contributed by atoms with Gasteiger partial charge < -0.3 is 4.42 Å². The van der Waals surface area contributed by atoms with Crippen molar-refractivity contribution < 1.29 is 4.42 Å². The van der Waals surface area contributed by atoms with Gasteiger partial charge in [0.15, 0.2) is 0 Å². The molecule has 14 rings (SSSR count). The molecule has 0 radical (unpaired) electrons. The number of hydrogen-bond donors (Lipinski definition) is 0. The number of hydrogen-bond acceptors (Lipinski definition) is 1. The summed E-state index contributed by atoms with van der Waals surface area (Å²) in [6.45, 7) is 0. The van der Waals surface area contributed by atoms with Crippen LogP contribution in [-0.2, 0) is 5.41 Å². The van der Waals surface area contributed by atoms with Crippen molar-refractivity contribution >= 4 is 54.3 Å². The minimum atomic E-state index is 0.194. The van der Waals surface area contributed by atoms with Crippen LogP contribution in [-0.4, -0.2) is 0 Å². The smallest absolute Gasteiger partial charge is 0.136 e. The number of para-hydroxylation sites is 1. The molecule has 0 unspecified atom stereocenters. The third-order valence-corrected chi connectivity index (χ3v) is 14.4. The molecule has 5 aliphatic rings. The Hall–Kier alpha value is -5.66. The van der Waals surface area contributed by atoms with Crippen molar-refractivity contribution in [1.82, 2.24) is 0 Å². The molecule has 0 saturated heterocycles. The number of rotatable bonds is 2. The van der Waals surface area contributed by atoms with Crippen molar-refractivity contribution in [2.75, 3.05) is 0 Å². The van der Waals surface area contributed by atoms with Crippen LogP contribution >= 0.6 is 0 Å². The van der Waals surface area contributed by atoms with Crippen molar-refractivity contribution in [1.29, 1.82) is 0 Å². The third-order valence-electron chi connectivity index (χ3n) is 14.4. The van der Waals surface area contributed by atoms with Crippen molar-refractivity contribution in [3.8, 4) is 33.4 Å². The van der Waals surface area contributed by atoms with Gasteiger partial charge in [-0.1, -0.05) is 109 Å². The van der Waals surface area contributed by atoms with Crippen LogP contribution < -0.4 is 0 Å². The van der Waals surface area contributed by atoms with Gasteiger partial charge in [-0.25, -0.2) is 0 Å². The summed E-state index contributed by atoms with van der Waals surface area (Å²) in [7, 11) is 0. The Morgan fingerprint density at radius 3 is 1.66 bits per heavy atom. The first-order valence-corrected chi connectivity index (χ1v) is 19.8. The van der Waals surface area contributed by atoms with Crippen molar-refractivity contribution in [3.05, 3.63) is 157 Å². The molecule has 4 saturated carbocycles. The fraction of sp³-hybridized carbons (Fsp3) is 0.192. The second-order valence-corrected chi connectivity index (χ2v) is 16.8.